The van der Waals surface area contributed by atoms with Gasteiger partial charge in [-0.3, -0.25) is 0 Å². The summed E-state index contributed by atoms with van der Waals surface area (Å²) < 4.78 is 0. The summed E-state index contributed by atoms with van der Waals surface area (Å²) in [6.07, 6.45) is 8.48. The van der Waals surface area contributed by atoms with E-state index in [4.69, 9.17) is 0 Å². The van der Waals surface area contributed by atoms with Crippen LogP contribution in [0.1, 0.15) is 44.7 Å². The molecule has 1 N–H and O–H groups in total. The molecule has 0 fully saturated rings. The highest BCUT2D eigenvalue weighted by molar-refractivity contribution is 5.19. The lowest BCUT2D eigenvalue weighted by Crippen LogP contribution is -2.30. The van der Waals surface area contributed by atoms with E-state index < -0.39 is 0 Å². The molecular formula is C17H25N. The predicted molar refractivity (Wildman–Crippen MR) is 78.5 cm³/mol. The first-order valence-corrected chi connectivity index (χ1v) is 7.20. The molecule has 1 aliphatic carbocycles. The van der Waals surface area contributed by atoms with Crippen LogP contribution in [0, 0.1) is 11.8 Å². The molecule has 1 aromatic rings. The number of allylic oxidation sites excluding steroid dienone is 2. The fourth-order valence-corrected chi connectivity index (χ4v) is 2.73. The van der Waals surface area contributed by atoms with Gasteiger partial charge in [0.15, 0.2) is 0 Å². The van der Waals surface area contributed by atoms with Gasteiger partial charge in [-0.1, -0.05) is 56.3 Å². The largest absolute Gasteiger partial charge is 0.309 e. The maximum absolute atomic E-state index is 3.77. The van der Waals surface area contributed by atoms with Crippen molar-refractivity contribution >= 4 is 0 Å². The molecular weight excluding hydrogens is 218 g/mol. The van der Waals surface area contributed by atoms with Crippen LogP contribution in [0.25, 0.3) is 0 Å². The van der Waals surface area contributed by atoms with Gasteiger partial charge in [-0.15, -0.1) is 0 Å². The van der Waals surface area contributed by atoms with Gasteiger partial charge in [0, 0.05) is 6.04 Å². The van der Waals surface area contributed by atoms with E-state index in [1.54, 1.807) is 0 Å². The predicted octanol–water partition coefficient (Wildman–Crippen LogP) is 4.33. The average Bonchev–Trinajstić information content (AvgIpc) is 2.41. The van der Waals surface area contributed by atoms with E-state index in [9.17, 15) is 0 Å². The SMILES string of the molecule is CC(C)C(NCC1CC=CCC1)c1ccccc1. The second kappa shape index (κ2) is 6.75. The lowest BCUT2D eigenvalue weighted by atomic mass is 9.92. The molecule has 0 aliphatic heterocycles. The zero-order chi connectivity index (χ0) is 12.8. The van der Waals surface area contributed by atoms with Crippen molar-refractivity contribution in [2.24, 2.45) is 11.8 Å². The summed E-state index contributed by atoms with van der Waals surface area (Å²) in [5.41, 5.74) is 1.42. The minimum absolute atomic E-state index is 0.483. The van der Waals surface area contributed by atoms with Gasteiger partial charge in [0.25, 0.3) is 0 Å². The molecule has 0 spiro atoms. The zero-order valence-corrected chi connectivity index (χ0v) is 11.6. The molecule has 0 aromatic heterocycles. The molecule has 18 heavy (non-hydrogen) atoms. The number of benzene rings is 1. The Balaban J connectivity index is 1.93. The second-order valence-corrected chi connectivity index (χ2v) is 5.69. The molecule has 0 saturated heterocycles. The lowest BCUT2D eigenvalue weighted by Gasteiger charge is -2.26. The van der Waals surface area contributed by atoms with Crippen LogP contribution in [-0.2, 0) is 0 Å². The molecule has 0 bridgehead atoms. The Morgan fingerprint density at radius 3 is 2.56 bits per heavy atom. The van der Waals surface area contributed by atoms with E-state index in [2.05, 4.69) is 61.6 Å². The molecule has 1 heteroatoms. The van der Waals surface area contributed by atoms with Crippen LogP contribution in [0.2, 0.25) is 0 Å². The van der Waals surface area contributed by atoms with Crippen LogP contribution < -0.4 is 5.32 Å². The topological polar surface area (TPSA) is 12.0 Å². The lowest BCUT2D eigenvalue weighted by molar-refractivity contribution is 0.356. The van der Waals surface area contributed by atoms with E-state index in [1.807, 2.05) is 0 Å². The van der Waals surface area contributed by atoms with Crippen LogP contribution in [0.5, 0.6) is 0 Å². The summed E-state index contributed by atoms with van der Waals surface area (Å²) in [4.78, 5) is 0. The van der Waals surface area contributed by atoms with Crippen molar-refractivity contribution in [3.05, 3.63) is 48.0 Å². The molecule has 1 aromatic carbocycles. The van der Waals surface area contributed by atoms with E-state index in [1.165, 1.54) is 24.8 Å². The molecule has 1 aliphatic rings. The molecule has 0 radical (unpaired) electrons. The molecule has 98 valence electrons. The monoisotopic (exact) mass is 243 g/mol. The molecule has 1 nitrogen and oxygen atoms in total. The van der Waals surface area contributed by atoms with Gasteiger partial charge in [0.05, 0.1) is 0 Å². The Kier molecular flexibility index (Phi) is 5.00. The highest BCUT2D eigenvalue weighted by atomic mass is 14.9. The van der Waals surface area contributed by atoms with E-state index in [0.29, 0.717) is 12.0 Å². The van der Waals surface area contributed by atoms with Gasteiger partial charge >= 0.3 is 0 Å². The van der Waals surface area contributed by atoms with Gasteiger partial charge in [-0.05, 0) is 43.2 Å². The Morgan fingerprint density at radius 1 is 1.17 bits per heavy atom. The van der Waals surface area contributed by atoms with E-state index in [0.717, 1.165) is 12.5 Å². The van der Waals surface area contributed by atoms with Crippen molar-refractivity contribution in [3.8, 4) is 0 Å². The van der Waals surface area contributed by atoms with Crippen molar-refractivity contribution in [2.45, 2.75) is 39.2 Å². The van der Waals surface area contributed by atoms with Crippen LogP contribution in [0.4, 0.5) is 0 Å². The second-order valence-electron chi connectivity index (χ2n) is 5.69. The first kappa shape index (κ1) is 13.4. The zero-order valence-electron chi connectivity index (χ0n) is 11.6. The maximum atomic E-state index is 3.77. The summed E-state index contributed by atoms with van der Waals surface area (Å²) in [5, 5.41) is 3.77. The van der Waals surface area contributed by atoms with Crippen LogP contribution in [-0.4, -0.2) is 6.54 Å². The first-order chi connectivity index (χ1) is 8.77. The molecule has 0 amide bonds. The van der Waals surface area contributed by atoms with Crippen molar-refractivity contribution < 1.29 is 0 Å². The molecule has 2 rings (SSSR count). The third-order valence-electron chi connectivity index (χ3n) is 3.83. The number of nitrogens with one attached hydrogen (secondary N) is 1. The minimum atomic E-state index is 0.483. The Labute approximate surface area is 111 Å². The molecule has 0 saturated carbocycles. The normalized spacial score (nSPS) is 21.2. The standard InChI is InChI=1S/C17H25N/c1-14(2)17(16-11-7-4-8-12-16)18-13-15-9-5-3-6-10-15/h3-5,7-8,11-12,14-15,17-18H,6,9-10,13H2,1-2H3. The quantitative estimate of drug-likeness (QED) is 0.759. The summed E-state index contributed by atoms with van der Waals surface area (Å²) in [5.74, 6) is 1.45. The Hall–Kier alpha value is -1.08. The smallest absolute Gasteiger partial charge is 0.0343 e. The van der Waals surface area contributed by atoms with Gasteiger partial charge in [0.1, 0.15) is 0 Å². The van der Waals surface area contributed by atoms with Crippen LogP contribution >= 0.6 is 0 Å². The van der Waals surface area contributed by atoms with Crippen molar-refractivity contribution in [3.63, 3.8) is 0 Å². The van der Waals surface area contributed by atoms with Gasteiger partial charge in [-0.25, -0.2) is 0 Å². The van der Waals surface area contributed by atoms with Crippen molar-refractivity contribution in [2.75, 3.05) is 6.54 Å². The fourth-order valence-electron chi connectivity index (χ4n) is 2.73. The summed E-state index contributed by atoms with van der Waals surface area (Å²) in [6, 6.07) is 11.3. The fraction of sp³-hybridized carbons (Fsp3) is 0.529. The highest BCUT2D eigenvalue weighted by Crippen LogP contribution is 2.23. The van der Waals surface area contributed by atoms with Crippen molar-refractivity contribution in [1.82, 2.24) is 5.32 Å². The number of hydrogen-bond donors (Lipinski definition) is 1. The minimum Gasteiger partial charge on any atom is -0.309 e. The summed E-state index contributed by atoms with van der Waals surface area (Å²) in [7, 11) is 0. The van der Waals surface area contributed by atoms with Gasteiger partial charge < -0.3 is 5.32 Å². The Morgan fingerprint density at radius 2 is 1.94 bits per heavy atom. The van der Waals surface area contributed by atoms with Crippen molar-refractivity contribution in [1.29, 1.82) is 0 Å². The van der Waals surface area contributed by atoms with Gasteiger partial charge in [-0.2, -0.15) is 0 Å². The Bertz CT molecular complexity index is 366. The summed E-state index contributed by atoms with van der Waals surface area (Å²) >= 11 is 0. The maximum Gasteiger partial charge on any atom is 0.0343 e. The highest BCUT2D eigenvalue weighted by Gasteiger charge is 2.17. The summed E-state index contributed by atoms with van der Waals surface area (Å²) in [6.45, 7) is 5.74. The molecule has 2 atom stereocenters. The third kappa shape index (κ3) is 3.71. The number of rotatable bonds is 5. The number of hydrogen-bond acceptors (Lipinski definition) is 1. The van der Waals surface area contributed by atoms with Gasteiger partial charge in [0.2, 0.25) is 0 Å². The van der Waals surface area contributed by atoms with Crippen LogP contribution in [0.3, 0.4) is 0 Å². The molecule has 0 heterocycles. The average molecular weight is 243 g/mol. The van der Waals surface area contributed by atoms with Crippen LogP contribution in [0.15, 0.2) is 42.5 Å². The third-order valence-corrected chi connectivity index (χ3v) is 3.83. The molecule has 2 unspecified atom stereocenters. The van der Waals surface area contributed by atoms with E-state index >= 15 is 0 Å². The van der Waals surface area contributed by atoms with E-state index in [-0.39, 0.29) is 0 Å². The first-order valence-electron chi connectivity index (χ1n) is 7.20.